The van der Waals surface area contributed by atoms with E-state index in [9.17, 15) is 5.11 Å². The summed E-state index contributed by atoms with van der Waals surface area (Å²) in [5.74, 6) is 0. The van der Waals surface area contributed by atoms with Crippen molar-refractivity contribution in [2.75, 3.05) is 13.2 Å². The summed E-state index contributed by atoms with van der Waals surface area (Å²) in [7, 11) is 0. The van der Waals surface area contributed by atoms with Gasteiger partial charge in [0.15, 0.2) is 6.29 Å². The minimum atomic E-state index is -0.558. The summed E-state index contributed by atoms with van der Waals surface area (Å²) in [6.07, 6.45) is 0.0358. The first-order valence-electron chi connectivity index (χ1n) is 4.74. The van der Waals surface area contributed by atoms with Crippen LogP contribution in [0.25, 0.3) is 10.4 Å². The summed E-state index contributed by atoms with van der Waals surface area (Å²) in [5.41, 5.74) is 8.14. The van der Waals surface area contributed by atoms with Crippen LogP contribution in [-0.2, 0) is 9.47 Å². The predicted molar refractivity (Wildman–Crippen MR) is 49.5 cm³/mol. The molecule has 0 bridgehead atoms. The van der Waals surface area contributed by atoms with E-state index in [2.05, 4.69) is 10.0 Å². The molecule has 0 aliphatic carbocycles. The van der Waals surface area contributed by atoms with Crippen LogP contribution in [-0.4, -0.2) is 36.8 Å². The van der Waals surface area contributed by atoms with Gasteiger partial charge in [-0.1, -0.05) is 5.11 Å². The van der Waals surface area contributed by atoms with Crippen molar-refractivity contribution in [3.63, 3.8) is 0 Å². The summed E-state index contributed by atoms with van der Waals surface area (Å²) in [5, 5.41) is 12.9. The average Bonchev–Trinajstić information content (AvgIpc) is 2.19. The second-order valence-corrected chi connectivity index (χ2v) is 3.12. The molecular weight excluding hydrogens is 186 g/mol. The van der Waals surface area contributed by atoms with Crippen LogP contribution in [0.5, 0.6) is 0 Å². The van der Waals surface area contributed by atoms with Gasteiger partial charge in [0, 0.05) is 17.9 Å². The minimum Gasteiger partial charge on any atom is -0.390 e. The molecule has 1 N–H and O–H groups in total. The van der Waals surface area contributed by atoms with Crippen molar-refractivity contribution in [2.45, 2.75) is 38.3 Å². The van der Waals surface area contributed by atoms with Crippen molar-refractivity contribution in [3.05, 3.63) is 10.4 Å². The van der Waals surface area contributed by atoms with E-state index < -0.39 is 12.2 Å². The highest BCUT2D eigenvalue weighted by Crippen LogP contribution is 2.20. The van der Waals surface area contributed by atoms with E-state index in [1.807, 2.05) is 6.92 Å². The zero-order chi connectivity index (χ0) is 10.4. The molecule has 14 heavy (non-hydrogen) atoms. The van der Waals surface area contributed by atoms with Crippen molar-refractivity contribution in [1.82, 2.24) is 0 Å². The van der Waals surface area contributed by atoms with Gasteiger partial charge < -0.3 is 14.6 Å². The Balaban J connectivity index is 2.41. The molecule has 1 heterocycles. The summed E-state index contributed by atoms with van der Waals surface area (Å²) in [6.45, 7) is 2.62. The maximum Gasteiger partial charge on any atom is 0.158 e. The number of aliphatic hydroxyl groups excluding tert-OH is 1. The molecule has 0 aromatic carbocycles. The topological polar surface area (TPSA) is 87.5 Å². The number of hydrogen-bond acceptors (Lipinski definition) is 4. The van der Waals surface area contributed by atoms with Gasteiger partial charge in [0.2, 0.25) is 0 Å². The Hall–Kier alpha value is -0.810. The number of hydrogen-bond donors (Lipinski definition) is 1. The quantitative estimate of drug-likeness (QED) is 0.421. The first-order chi connectivity index (χ1) is 6.77. The third-order valence-corrected chi connectivity index (χ3v) is 2.13. The number of rotatable bonds is 4. The monoisotopic (exact) mass is 201 g/mol. The Bertz CT molecular complexity index is 218. The minimum absolute atomic E-state index is 0.154. The summed E-state index contributed by atoms with van der Waals surface area (Å²) in [4.78, 5) is 2.63. The predicted octanol–water partition coefficient (Wildman–Crippen LogP) is 1.20. The first kappa shape index (κ1) is 11.3. The maximum absolute atomic E-state index is 9.52. The van der Waals surface area contributed by atoms with Crippen LogP contribution in [0.4, 0.5) is 0 Å². The van der Waals surface area contributed by atoms with Gasteiger partial charge in [-0.2, -0.15) is 0 Å². The lowest BCUT2D eigenvalue weighted by atomic mass is 10.1. The number of ether oxygens (including phenoxy) is 2. The van der Waals surface area contributed by atoms with E-state index in [1.165, 1.54) is 0 Å². The van der Waals surface area contributed by atoms with E-state index in [-0.39, 0.29) is 12.8 Å². The molecule has 0 spiro atoms. The van der Waals surface area contributed by atoms with Crippen LogP contribution < -0.4 is 0 Å². The second kappa shape index (κ2) is 5.82. The molecule has 0 aromatic heterocycles. The molecule has 80 valence electrons. The molecule has 0 amide bonds. The molecule has 0 unspecified atom stereocenters. The van der Waals surface area contributed by atoms with Gasteiger partial charge in [-0.3, -0.25) is 0 Å². The highest BCUT2D eigenvalue weighted by atomic mass is 16.7. The summed E-state index contributed by atoms with van der Waals surface area (Å²) in [6, 6.07) is 0. The number of nitrogens with zero attached hydrogens (tertiary/aromatic N) is 3. The lowest BCUT2D eigenvalue weighted by Gasteiger charge is -2.32. The van der Waals surface area contributed by atoms with E-state index >= 15 is 0 Å². The standard InChI is InChI=1S/C8H15N3O3/c1-2-13-8-4-3-6(12)7(14-8)5-10-11-9/h6-8,12H,2-5H2,1H3/t6-,7+,8+/m0/s1. The van der Waals surface area contributed by atoms with Gasteiger partial charge in [-0.05, 0) is 18.9 Å². The summed E-state index contributed by atoms with van der Waals surface area (Å²) < 4.78 is 10.7. The van der Waals surface area contributed by atoms with Crippen LogP contribution in [0.15, 0.2) is 5.11 Å². The zero-order valence-electron chi connectivity index (χ0n) is 8.17. The smallest absolute Gasteiger partial charge is 0.158 e. The van der Waals surface area contributed by atoms with Crippen LogP contribution in [0.3, 0.4) is 0 Å². The fraction of sp³-hybridized carbons (Fsp3) is 1.00. The van der Waals surface area contributed by atoms with Crippen molar-refractivity contribution >= 4 is 0 Å². The molecule has 0 aromatic rings. The van der Waals surface area contributed by atoms with Gasteiger partial charge in [-0.25, -0.2) is 0 Å². The Morgan fingerprint density at radius 1 is 1.64 bits per heavy atom. The van der Waals surface area contributed by atoms with Gasteiger partial charge >= 0.3 is 0 Å². The molecule has 1 fully saturated rings. The summed E-state index contributed by atoms with van der Waals surface area (Å²) >= 11 is 0. The molecule has 0 saturated carbocycles. The normalized spacial score (nSPS) is 32.3. The van der Waals surface area contributed by atoms with E-state index in [4.69, 9.17) is 15.0 Å². The molecule has 6 nitrogen and oxygen atoms in total. The number of aliphatic hydroxyl groups is 1. The van der Waals surface area contributed by atoms with Crippen molar-refractivity contribution in [3.8, 4) is 0 Å². The van der Waals surface area contributed by atoms with E-state index in [0.29, 0.717) is 19.4 Å². The molecule has 1 aliphatic rings. The maximum atomic E-state index is 9.52. The van der Waals surface area contributed by atoms with Gasteiger partial charge in [0.25, 0.3) is 0 Å². The lowest BCUT2D eigenvalue weighted by Crippen LogP contribution is -2.41. The van der Waals surface area contributed by atoms with Gasteiger partial charge in [0.05, 0.1) is 18.8 Å². The van der Waals surface area contributed by atoms with Crippen molar-refractivity contribution < 1.29 is 14.6 Å². The van der Waals surface area contributed by atoms with Gasteiger partial charge in [-0.15, -0.1) is 0 Å². The molecule has 1 rings (SSSR count). The average molecular weight is 201 g/mol. The van der Waals surface area contributed by atoms with Crippen molar-refractivity contribution in [1.29, 1.82) is 0 Å². The van der Waals surface area contributed by atoms with E-state index in [1.54, 1.807) is 0 Å². The Labute approximate surface area is 82.4 Å². The number of azide groups is 1. The molecular formula is C8H15N3O3. The Morgan fingerprint density at radius 3 is 3.07 bits per heavy atom. The fourth-order valence-corrected chi connectivity index (χ4v) is 1.44. The van der Waals surface area contributed by atoms with E-state index in [0.717, 1.165) is 0 Å². The van der Waals surface area contributed by atoms with Crippen LogP contribution in [0, 0.1) is 0 Å². The Kier molecular flexibility index (Phi) is 4.69. The second-order valence-electron chi connectivity index (χ2n) is 3.12. The molecule has 3 atom stereocenters. The molecule has 6 heteroatoms. The molecule has 0 radical (unpaired) electrons. The van der Waals surface area contributed by atoms with Crippen LogP contribution in [0.1, 0.15) is 19.8 Å². The van der Waals surface area contributed by atoms with Gasteiger partial charge in [0.1, 0.15) is 0 Å². The highest BCUT2D eigenvalue weighted by Gasteiger charge is 2.29. The Morgan fingerprint density at radius 2 is 2.43 bits per heavy atom. The molecule has 1 aliphatic heterocycles. The largest absolute Gasteiger partial charge is 0.390 e. The third kappa shape index (κ3) is 3.16. The molecule has 1 saturated heterocycles. The van der Waals surface area contributed by atoms with Crippen LogP contribution in [0.2, 0.25) is 0 Å². The third-order valence-electron chi connectivity index (χ3n) is 2.13. The lowest BCUT2D eigenvalue weighted by molar-refractivity contribution is -0.217. The van der Waals surface area contributed by atoms with Crippen LogP contribution >= 0.6 is 0 Å². The zero-order valence-corrected chi connectivity index (χ0v) is 8.17. The SMILES string of the molecule is CCO[C@H]1CC[C@H](O)[C@@H](CN=[N+]=[N-])O1. The highest BCUT2D eigenvalue weighted by molar-refractivity contribution is 4.77. The fourth-order valence-electron chi connectivity index (χ4n) is 1.44. The first-order valence-corrected chi connectivity index (χ1v) is 4.74. The van der Waals surface area contributed by atoms with Crippen molar-refractivity contribution in [2.24, 2.45) is 5.11 Å².